The molecule has 29 heavy (non-hydrogen) atoms. The molecule has 2 N–H and O–H groups in total. The van der Waals surface area contributed by atoms with Crippen molar-refractivity contribution in [3.05, 3.63) is 22.7 Å². The number of anilines is 1. The summed E-state index contributed by atoms with van der Waals surface area (Å²) in [5.41, 5.74) is 0.931. The zero-order valence-corrected chi connectivity index (χ0v) is 15.8. The first-order valence-corrected chi connectivity index (χ1v) is 9.12. The Balaban J connectivity index is 1.82. The molecule has 0 aromatic carbocycles. The summed E-state index contributed by atoms with van der Waals surface area (Å²) in [6.45, 7) is 3.47. The van der Waals surface area contributed by atoms with Gasteiger partial charge in [0, 0.05) is 6.20 Å². The number of fused-ring (bicyclic) bond motifs is 1. The molecule has 0 unspecified atom stereocenters. The van der Waals surface area contributed by atoms with Crippen molar-refractivity contribution in [3.63, 3.8) is 0 Å². The van der Waals surface area contributed by atoms with Gasteiger partial charge in [-0.15, -0.1) is 0 Å². The lowest BCUT2D eigenvalue weighted by Gasteiger charge is -2.28. The fourth-order valence-corrected chi connectivity index (χ4v) is 3.25. The molecule has 0 saturated carbocycles. The van der Waals surface area contributed by atoms with Crippen molar-refractivity contribution in [3.8, 4) is 0 Å². The van der Waals surface area contributed by atoms with E-state index in [1.165, 1.54) is 12.3 Å². The minimum absolute atomic E-state index is 0.0940. The quantitative estimate of drug-likeness (QED) is 0.264. The number of hydrogen-bond acceptors (Lipinski definition) is 11. The van der Waals surface area contributed by atoms with Crippen LogP contribution in [-0.2, 0) is 33.3 Å². The van der Waals surface area contributed by atoms with Crippen LogP contribution in [-0.4, -0.2) is 57.6 Å². The summed E-state index contributed by atoms with van der Waals surface area (Å²) in [6.07, 6.45) is -1.85. The second-order valence-corrected chi connectivity index (χ2v) is 6.56. The van der Waals surface area contributed by atoms with Crippen LogP contribution in [0, 0.1) is 5.92 Å². The first-order valence-electron chi connectivity index (χ1n) is 9.12. The van der Waals surface area contributed by atoms with Gasteiger partial charge in [0.25, 0.3) is 0 Å². The standard InChI is InChI=1S/C17H21N3O9/c1-3-8(4-2)14(21)26-7-9-11-12(29-16(23)15(22)28-11)13(27-9)20-6-5-10(19-25)18-17(20)24/h5-6,8-9,11-13,25H,3-4,7H2,1-2H3,(H,18,19,24)/t9-,11-,12-,13-/m1/s1. The fourth-order valence-electron chi connectivity index (χ4n) is 3.25. The third-order valence-corrected chi connectivity index (χ3v) is 4.87. The van der Waals surface area contributed by atoms with Crippen LogP contribution in [0.2, 0.25) is 0 Å². The van der Waals surface area contributed by atoms with Crippen LogP contribution in [0.1, 0.15) is 32.9 Å². The third kappa shape index (κ3) is 4.07. The van der Waals surface area contributed by atoms with Gasteiger partial charge in [0.15, 0.2) is 24.3 Å². The summed E-state index contributed by atoms with van der Waals surface area (Å²) >= 11 is 0. The lowest BCUT2D eigenvalue weighted by Crippen LogP contribution is -2.49. The second-order valence-electron chi connectivity index (χ2n) is 6.56. The molecule has 2 aliphatic rings. The summed E-state index contributed by atoms with van der Waals surface area (Å²) < 4.78 is 22.3. The topological polar surface area (TPSA) is 155 Å². The Kier molecular flexibility index (Phi) is 6.13. The van der Waals surface area contributed by atoms with E-state index in [4.69, 9.17) is 24.2 Å². The number of carbonyl (C=O) groups excluding carboxylic acids is 3. The van der Waals surface area contributed by atoms with E-state index >= 15 is 0 Å². The van der Waals surface area contributed by atoms with E-state index in [9.17, 15) is 19.2 Å². The normalized spacial score (nSPS) is 25.9. The van der Waals surface area contributed by atoms with Crippen LogP contribution in [0.5, 0.6) is 0 Å². The molecule has 12 heteroatoms. The van der Waals surface area contributed by atoms with Gasteiger partial charge in [0.05, 0.1) is 5.92 Å². The predicted molar refractivity (Wildman–Crippen MR) is 92.6 cm³/mol. The SMILES string of the molecule is CCC(CC)C(=O)OC[C@H]1O[C@@H](n2ccc(NO)nc2=O)[C@@H]2OC(=O)C(=O)O[C@@H]21. The molecular weight excluding hydrogens is 390 g/mol. The van der Waals surface area contributed by atoms with Crippen molar-refractivity contribution in [1.29, 1.82) is 0 Å². The van der Waals surface area contributed by atoms with E-state index in [0.717, 1.165) is 4.57 Å². The number of nitrogens with one attached hydrogen (secondary N) is 1. The monoisotopic (exact) mass is 411 g/mol. The highest BCUT2D eigenvalue weighted by atomic mass is 16.7. The van der Waals surface area contributed by atoms with E-state index in [1.54, 1.807) is 5.48 Å². The summed E-state index contributed by atoms with van der Waals surface area (Å²) in [6, 6.07) is 1.29. The molecule has 0 amide bonds. The maximum atomic E-state index is 12.2. The van der Waals surface area contributed by atoms with Gasteiger partial charge in [0.2, 0.25) is 0 Å². The maximum Gasteiger partial charge on any atom is 0.418 e. The van der Waals surface area contributed by atoms with Crippen LogP contribution in [0.4, 0.5) is 5.82 Å². The van der Waals surface area contributed by atoms with Crippen molar-refractivity contribution in [2.75, 3.05) is 12.1 Å². The average molecular weight is 411 g/mol. The molecular formula is C17H21N3O9. The van der Waals surface area contributed by atoms with Gasteiger partial charge >= 0.3 is 23.6 Å². The molecule has 1 aromatic rings. The van der Waals surface area contributed by atoms with Crippen LogP contribution in [0.3, 0.4) is 0 Å². The van der Waals surface area contributed by atoms with Gasteiger partial charge in [-0.1, -0.05) is 13.8 Å². The van der Waals surface area contributed by atoms with Crippen molar-refractivity contribution >= 4 is 23.7 Å². The predicted octanol–water partition coefficient (Wildman–Crippen LogP) is -0.242. The smallest absolute Gasteiger partial charge is 0.418 e. The molecule has 158 valence electrons. The average Bonchev–Trinajstić information content (AvgIpc) is 3.04. The molecule has 3 heterocycles. The number of nitrogens with zero attached hydrogens (tertiary/aromatic N) is 2. The maximum absolute atomic E-state index is 12.2. The van der Waals surface area contributed by atoms with E-state index in [1.807, 2.05) is 13.8 Å². The van der Waals surface area contributed by atoms with Gasteiger partial charge < -0.3 is 18.9 Å². The molecule has 1 aromatic heterocycles. The Labute approximate surface area is 164 Å². The summed E-state index contributed by atoms with van der Waals surface area (Å²) in [5, 5.41) is 8.85. The molecule has 2 fully saturated rings. The van der Waals surface area contributed by atoms with E-state index in [-0.39, 0.29) is 18.3 Å². The Bertz CT molecular complexity index is 851. The number of hydrogen-bond donors (Lipinski definition) is 2. The van der Waals surface area contributed by atoms with Crippen molar-refractivity contribution in [1.82, 2.24) is 9.55 Å². The molecule has 0 bridgehead atoms. The minimum Gasteiger partial charge on any atom is -0.463 e. The number of esters is 3. The lowest BCUT2D eigenvalue weighted by molar-refractivity contribution is -0.195. The molecule has 4 atom stereocenters. The van der Waals surface area contributed by atoms with Gasteiger partial charge in [-0.25, -0.2) is 14.4 Å². The Morgan fingerprint density at radius 2 is 1.90 bits per heavy atom. The van der Waals surface area contributed by atoms with Gasteiger partial charge in [-0.2, -0.15) is 4.98 Å². The van der Waals surface area contributed by atoms with Crippen LogP contribution >= 0.6 is 0 Å². The Morgan fingerprint density at radius 1 is 1.24 bits per heavy atom. The number of rotatable bonds is 7. The molecule has 3 rings (SSSR count). The van der Waals surface area contributed by atoms with Gasteiger partial charge in [-0.05, 0) is 18.9 Å². The van der Waals surface area contributed by atoms with Gasteiger partial charge in [0.1, 0.15) is 12.7 Å². The van der Waals surface area contributed by atoms with Crippen molar-refractivity contribution in [2.24, 2.45) is 5.92 Å². The Morgan fingerprint density at radius 3 is 2.48 bits per heavy atom. The van der Waals surface area contributed by atoms with E-state index < -0.39 is 48.1 Å². The van der Waals surface area contributed by atoms with Gasteiger partial charge in [-0.3, -0.25) is 20.0 Å². The lowest BCUT2D eigenvalue weighted by atomic mass is 10.0. The highest BCUT2D eigenvalue weighted by Gasteiger charge is 2.55. The van der Waals surface area contributed by atoms with Crippen LogP contribution in [0.15, 0.2) is 17.1 Å². The molecule has 0 aliphatic carbocycles. The molecule has 2 saturated heterocycles. The van der Waals surface area contributed by atoms with Crippen LogP contribution < -0.4 is 11.2 Å². The Hall–Kier alpha value is -2.99. The summed E-state index contributed by atoms with van der Waals surface area (Å²) in [7, 11) is 0. The molecule has 2 aliphatic heterocycles. The zero-order valence-electron chi connectivity index (χ0n) is 15.8. The third-order valence-electron chi connectivity index (χ3n) is 4.87. The zero-order chi connectivity index (χ0) is 21.1. The second kappa shape index (κ2) is 8.57. The number of carbonyl (C=O) groups is 3. The fraction of sp³-hybridized carbons (Fsp3) is 0.588. The highest BCUT2D eigenvalue weighted by molar-refractivity contribution is 6.30. The van der Waals surface area contributed by atoms with Crippen molar-refractivity contribution in [2.45, 2.75) is 51.2 Å². The summed E-state index contributed by atoms with van der Waals surface area (Å²) in [4.78, 5) is 51.3. The molecule has 0 spiro atoms. The summed E-state index contributed by atoms with van der Waals surface area (Å²) in [5.74, 6) is -3.21. The minimum atomic E-state index is -1.22. The highest BCUT2D eigenvalue weighted by Crippen LogP contribution is 2.35. The molecule has 12 nitrogen and oxygen atoms in total. The number of ether oxygens (including phenoxy) is 4. The van der Waals surface area contributed by atoms with E-state index in [0.29, 0.717) is 12.8 Å². The first-order chi connectivity index (χ1) is 13.9. The largest absolute Gasteiger partial charge is 0.463 e. The van der Waals surface area contributed by atoms with Crippen molar-refractivity contribution < 1.29 is 38.5 Å². The molecule has 0 radical (unpaired) electrons. The van der Waals surface area contributed by atoms with Crippen LogP contribution in [0.25, 0.3) is 0 Å². The number of aromatic nitrogens is 2. The first kappa shape index (κ1) is 20.7. The van der Waals surface area contributed by atoms with E-state index in [2.05, 4.69) is 4.98 Å².